The molecule has 0 heterocycles. The van der Waals surface area contributed by atoms with Gasteiger partial charge in [-0.25, -0.2) is 0 Å². The highest BCUT2D eigenvalue weighted by Crippen LogP contribution is 2.30. The predicted octanol–water partition coefficient (Wildman–Crippen LogP) is 2.97. The van der Waals surface area contributed by atoms with Crippen LogP contribution in [0.2, 0.25) is 5.02 Å². The highest BCUT2D eigenvalue weighted by Gasteiger charge is 2.30. The first-order valence-corrected chi connectivity index (χ1v) is 6.34. The van der Waals surface area contributed by atoms with Gasteiger partial charge in [0.15, 0.2) is 0 Å². The van der Waals surface area contributed by atoms with Crippen LogP contribution >= 0.6 is 11.6 Å². The standard InChI is InChI=1S/C14H19ClO4/c1-9(16)11-7-10(15)5-6-12(11)19-8-14(2,3)13(17)18-4/h5-7,9,16H,8H2,1-4H3/t9-/m0/s1. The van der Waals surface area contributed by atoms with E-state index in [1.54, 1.807) is 39.0 Å². The fourth-order valence-electron chi connectivity index (χ4n) is 1.57. The minimum Gasteiger partial charge on any atom is -0.492 e. The van der Waals surface area contributed by atoms with E-state index in [9.17, 15) is 9.90 Å². The largest absolute Gasteiger partial charge is 0.492 e. The molecule has 0 unspecified atom stereocenters. The molecular formula is C14H19ClO4. The van der Waals surface area contributed by atoms with Crippen molar-refractivity contribution in [2.24, 2.45) is 5.41 Å². The summed E-state index contributed by atoms with van der Waals surface area (Å²) in [5.41, 5.74) is -0.169. The molecule has 19 heavy (non-hydrogen) atoms. The maximum atomic E-state index is 11.6. The van der Waals surface area contributed by atoms with Crippen molar-refractivity contribution in [1.29, 1.82) is 0 Å². The van der Waals surface area contributed by atoms with Gasteiger partial charge in [-0.05, 0) is 39.0 Å². The molecule has 106 valence electrons. The Balaban J connectivity index is 2.86. The van der Waals surface area contributed by atoms with Gasteiger partial charge < -0.3 is 14.6 Å². The zero-order valence-corrected chi connectivity index (χ0v) is 12.3. The van der Waals surface area contributed by atoms with Gasteiger partial charge in [0.05, 0.1) is 18.6 Å². The number of carbonyl (C=O) groups excluding carboxylic acids is 1. The normalized spacial score (nSPS) is 12.9. The molecule has 1 aromatic carbocycles. The number of benzene rings is 1. The number of hydrogen-bond acceptors (Lipinski definition) is 4. The molecule has 0 aromatic heterocycles. The average molecular weight is 287 g/mol. The number of esters is 1. The number of aliphatic hydroxyl groups excluding tert-OH is 1. The SMILES string of the molecule is COC(=O)C(C)(C)COc1ccc(Cl)cc1[C@H](C)O. The fourth-order valence-corrected chi connectivity index (χ4v) is 1.75. The average Bonchev–Trinajstić information content (AvgIpc) is 2.36. The summed E-state index contributed by atoms with van der Waals surface area (Å²) in [6.07, 6.45) is -0.699. The molecule has 1 atom stereocenters. The summed E-state index contributed by atoms with van der Waals surface area (Å²) in [6, 6.07) is 5.00. The van der Waals surface area contributed by atoms with Crippen LogP contribution in [0.1, 0.15) is 32.4 Å². The van der Waals surface area contributed by atoms with E-state index in [0.29, 0.717) is 16.3 Å². The zero-order valence-electron chi connectivity index (χ0n) is 11.6. The molecule has 0 fully saturated rings. The lowest BCUT2D eigenvalue weighted by atomic mass is 9.95. The van der Waals surface area contributed by atoms with Crippen LogP contribution in [-0.2, 0) is 9.53 Å². The number of aliphatic hydroxyl groups is 1. The highest BCUT2D eigenvalue weighted by atomic mass is 35.5. The van der Waals surface area contributed by atoms with Gasteiger partial charge in [0.2, 0.25) is 0 Å². The van der Waals surface area contributed by atoms with Crippen LogP contribution < -0.4 is 4.74 Å². The van der Waals surface area contributed by atoms with E-state index >= 15 is 0 Å². The van der Waals surface area contributed by atoms with E-state index in [4.69, 9.17) is 21.1 Å². The summed E-state index contributed by atoms with van der Waals surface area (Å²) in [5, 5.41) is 10.2. The second-order valence-corrected chi connectivity index (χ2v) is 5.46. The lowest BCUT2D eigenvalue weighted by Crippen LogP contribution is -2.32. The Bertz CT molecular complexity index is 455. The third kappa shape index (κ3) is 4.11. The summed E-state index contributed by atoms with van der Waals surface area (Å²) in [4.78, 5) is 11.6. The minimum absolute atomic E-state index is 0.154. The Morgan fingerprint density at radius 2 is 2.11 bits per heavy atom. The van der Waals surface area contributed by atoms with E-state index in [1.807, 2.05) is 0 Å². The molecule has 0 aliphatic carbocycles. The molecule has 0 bridgehead atoms. The quantitative estimate of drug-likeness (QED) is 0.846. The molecule has 0 amide bonds. The van der Waals surface area contributed by atoms with Crippen molar-refractivity contribution < 1.29 is 19.4 Å². The summed E-state index contributed by atoms with van der Waals surface area (Å²) < 4.78 is 10.3. The van der Waals surface area contributed by atoms with Gasteiger partial charge >= 0.3 is 5.97 Å². The van der Waals surface area contributed by atoms with E-state index in [1.165, 1.54) is 7.11 Å². The minimum atomic E-state index is -0.760. The Labute approximate surface area is 118 Å². The predicted molar refractivity (Wildman–Crippen MR) is 73.4 cm³/mol. The Morgan fingerprint density at radius 1 is 1.47 bits per heavy atom. The maximum Gasteiger partial charge on any atom is 0.314 e. The smallest absolute Gasteiger partial charge is 0.314 e. The van der Waals surface area contributed by atoms with Crippen molar-refractivity contribution in [3.05, 3.63) is 28.8 Å². The van der Waals surface area contributed by atoms with E-state index < -0.39 is 11.5 Å². The third-order valence-corrected chi connectivity index (χ3v) is 2.98. The van der Waals surface area contributed by atoms with Gasteiger partial charge in [0.25, 0.3) is 0 Å². The van der Waals surface area contributed by atoms with Crippen LogP contribution in [-0.4, -0.2) is 24.8 Å². The van der Waals surface area contributed by atoms with Crippen molar-refractivity contribution in [3.8, 4) is 5.75 Å². The number of methoxy groups -OCH3 is 1. The van der Waals surface area contributed by atoms with Crippen LogP contribution in [0.4, 0.5) is 0 Å². The van der Waals surface area contributed by atoms with Crippen LogP contribution in [0.25, 0.3) is 0 Å². The molecule has 4 nitrogen and oxygen atoms in total. The number of ether oxygens (including phenoxy) is 2. The van der Waals surface area contributed by atoms with Crippen LogP contribution in [0.15, 0.2) is 18.2 Å². The molecule has 5 heteroatoms. The second-order valence-electron chi connectivity index (χ2n) is 5.02. The van der Waals surface area contributed by atoms with Gasteiger partial charge in [0.1, 0.15) is 12.4 Å². The summed E-state index contributed by atoms with van der Waals surface area (Å²) in [6.45, 7) is 5.25. The van der Waals surface area contributed by atoms with Crippen molar-refractivity contribution in [2.75, 3.05) is 13.7 Å². The van der Waals surface area contributed by atoms with Crippen LogP contribution in [0.3, 0.4) is 0 Å². The van der Waals surface area contributed by atoms with Gasteiger partial charge in [-0.15, -0.1) is 0 Å². The van der Waals surface area contributed by atoms with Gasteiger partial charge in [-0.2, -0.15) is 0 Å². The first-order chi connectivity index (χ1) is 8.77. The van der Waals surface area contributed by atoms with Crippen molar-refractivity contribution in [2.45, 2.75) is 26.9 Å². The Hall–Kier alpha value is -1.26. The molecule has 1 N–H and O–H groups in total. The van der Waals surface area contributed by atoms with Gasteiger partial charge in [-0.3, -0.25) is 4.79 Å². The number of rotatable bonds is 5. The van der Waals surface area contributed by atoms with E-state index in [0.717, 1.165) is 0 Å². The van der Waals surface area contributed by atoms with Gasteiger partial charge in [-0.1, -0.05) is 11.6 Å². The van der Waals surface area contributed by atoms with Gasteiger partial charge in [0, 0.05) is 10.6 Å². The Kier molecular flexibility index (Phi) is 5.20. The van der Waals surface area contributed by atoms with E-state index in [-0.39, 0.29) is 12.6 Å². The Morgan fingerprint density at radius 3 is 2.63 bits per heavy atom. The number of carbonyl (C=O) groups is 1. The molecular weight excluding hydrogens is 268 g/mol. The fraction of sp³-hybridized carbons (Fsp3) is 0.500. The molecule has 1 aromatic rings. The molecule has 1 rings (SSSR count). The zero-order chi connectivity index (χ0) is 14.6. The summed E-state index contributed by atoms with van der Waals surface area (Å²) >= 11 is 5.88. The molecule has 0 aliphatic heterocycles. The second kappa shape index (κ2) is 6.26. The number of hydrogen-bond donors (Lipinski definition) is 1. The first kappa shape index (κ1) is 15.8. The number of halogens is 1. The third-order valence-electron chi connectivity index (χ3n) is 2.75. The topological polar surface area (TPSA) is 55.8 Å². The highest BCUT2D eigenvalue weighted by molar-refractivity contribution is 6.30. The van der Waals surface area contributed by atoms with Crippen molar-refractivity contribution in [1.82, 2.24) is 0 Å². The first-order valence-electron chi connectivity index (χ1n) is 5.96. The summed E-state index contributed by atoms with van der Waals surface area (Å²) in [7, 11) is 1.34. The molecule has 0 spiro atoms. The van der Waals surface area contributed by atoms with Crippen LogP contribution in [0.5, 0.6) is 5.75 Å². The molecule has 0 radical (unpaired) electrons. The monoisotopic (exact) mass is 286 g/mol. The van der Waals surface area contributed by atoms with E-state index in [2.05, 4.69) is 0 Å². The molecule has 0 saturated heterocycles. The van der Waals surface area contributed by atoms with Crippen LogP contribution in [0, 0.1) is 5.41 Å². The summed E-state index contributed by atoms with van der Waals surface area (Å²) in [5.74, 6) is 0.163. The lowest BCUT2D eigenvalue weighted by Gasteiger charge is -2.23. The van der Waals surface area contributed by atoms with Crippen molar-refractivity contribution in [3.63, 3.8) is 0 Å². The molecule has 0 saturated carbocycles. The molecule has 0 aliphatic rings. The lowest BCUT2D eigenvalue weighted by molar-refractivity contribution is -0.152. The van der Waals surface area contributed by atoms with Crippen molar-refractivity contribution >= 4 is 17.6 Å². The maximum absolute atomic E-state index is 11.6.